The van der Waals surface area contributed by atoms with Crippen molar-refractivity contribution in [1.29, 1.82) is 0 Å². The summed E-state index contributed by atoms with van der Waals surface area (Å²) < 4.78 is 0. The molecule has 1 aromatic rings. The van der Waals surface area contributed by atoms with Crippen molar-refractivity contribution in [3.8, 4) is 0 Å². The van der Waals surface area contributed by atoms with Crippen molar-refractivity contribution in [2.75, 3.05) is 18.4 Å². The second-order valence-electron chi connectivity index (χ2n) is 5.82. The number of carbonyl (C=O) groups excluding carboxylic acids is 1. The number of likely N-dealkylation sites (tertiary alicyclic amines) is 1. The lowest BCUT2D eigenvalue weighted by atomic mass is 9.94. The molecule has 3 rings (SSSR count). The number of para-hydroxylation sites is 1. The van der Waals surface area contributed by atoms with Gasteiger partial charge in [-0.2, -0.15) is 0 Å². The van der Waals surface area contributed by atoms with Crippen molar-refractivity contribution in [3.63, 3.8) is 0 Å². The predicted molar refractivity (Wildman–Crippen MR) is 73.7 cm³/mol. The molecule has 0 bridgehead atoms. The monoisotopic (exact) mass is 260 g/mol. The molecule has 4 nitrogen and oxygen atoms in total. The lowest BCUT2D eigenvalue weighted by molar-refractivity contribution is -0.163. The molecule has 1 saturated heterocycles. The Kier molecular flexibility index (Phi) is 2.87. The molecule has 1 fully saturated rings. The van der Waals surface area contributed by atoms with Crippen LogP contribution in [0.3, 0.4) is 0 Å². The standard InChI is InChI=1S/C15H20N2O2/c1-10-5-4-8-17(9-10)15(19)12-7-3-6-11(2)13(12)16-14(15)18/h3,6-7,10,19H,4-5,8-9H2,1-2H3,(H,16,18)/t10-,15-/m0/s1. The van der Waals surface area contributed by atoms with Crippen LogP contribution in [0.1, 0.15) is 30.9 Å². The Bertz CT molecular complexity index is 529. The minimum atomic E-state index is -1.49. The molecule has 0 spiro atoms. The molecular weight excluding hydrogens is 240 g/mol. The second-order valence-corrected chi connectivity index (χ2v) is 5.82. The number of piperidine rings is 1. The van der Waals surface area contributed by atoms with Gasteiger partial charge in [-0.15, -0.1) is 0 Å². The van der Waals surface area contributed by atoms with E-state index in [1.807, 2.05) is 30.0 Å². The Labute approximate surface area is 113 Å². The molecule has 1 amide bonds. The van der Waals surface area contributed by atoms with Crippen molar-refractivity contribution < 1.29 is 9.90 Å². The first-order valence-electron chi connectivity index (χ1n) is 6.92. The van der Waals surface area contributed by atoms with E-state index in [1.54, 1.807) is 0 Å². The fourth-order valence-electron chi connectivity index (χ4n) is 3.24. The number of amides is 1. The van der Waals surface area contributed by atoms with Crippen molar-refractivity contribution in [2.45, 2.75) is 32.4 Å². The number of anilines is 1. The van der Waals surface area contributed by atoms with Crippen molar-refractivity contribution in [2.24, 2.45) is 5.92 Å². The van der Waals surface area contributed by atoms with Gasteiger partial charge in [0.1, 0.15) is 0 Å². The third-order valence-electron chi connectivity index (χ3n) is 4.32. The highest BCUT2D eigenvalue weighted by atomic mass is 16.3. The molecule has 2 heterocycles. The fraction of sp³-hybridized carbons (Fsp3) is 0.533. The Morgan fingerprint density at radius 1 is 1.47 bits per heavy atom. The molecule has 4 heteroatoms. The number of carbonyl (C=O) groups is 1. The van der Waals surface area contributed by atoms with E-state index in [0.29, 0.717) is 11.5 Å². The first kappa shape index (κ1) is 12.6. The summed E-state index contributed by atoms with van der Waals surface area (Å²) in [5.74, 6) is 0.199. The molecular formula is C15H20N2O2. The van der Waals surface area contributed by atoms with Gasteiger partial charge in [-0.25, -0.2) is 0 Å². The van der Waals surface area contributed by atoms with Crippen molar-refractivity contribution in [1.82, 2.24) is 4.90 Å². The zero-order chi connectivity index (χ0) is 13.6. The average molecular weight is 260 g/mol. The van der Waals surface area contributed by atoms with E-state index in [-0.39, 0.29) is 5.91 Å². The summed E-state index contributed by atoms with van der Waals surface area (Å²) in [5, 5.41) is 13.8. The van der Waals surface area contributed by atoms with Gasteiger partial charge in [0, 0.05) is 18.7 Å². The molecule has 102 valence electrons. The van der Waals surface area contributed by atoms with Gasteiger partial charge in [0.25, 0.3) is 5.91 Å². The third-order valence-corrected chi connectivity index (χ3v) is 4.32. The molecule has 0 radical (unpaired) electrons. The van der Waals surface area contributed by atoms with Crippen molar-refractivity contribution >= 4 is 11.6 Å². The van der Waals surface area contributed by atoms with Gasteiger partial charge >= 0.3 is 0 Å². The number of nitrogens with one attached hydrogen (secondary N) is 1. The Hall–Kier alpha value is -1.39. The smallest absolute Gasteiger partial charge is 0.276 e. The molecule has 0 unspecified atom stereocenters. The highest BCUT2D eigenvalue weighted by Crippen LogP contribution is 2.41. The first-order valence-corrected chi connectivity index (χ1v) is 6.92. The molecule has 0 aromatic heterocycles. The number of nitrogens with zero attached hydrogens (tertiary/aromatic N) is 1. The first-order chi connectivity index (χ1) is 9.03. The lowest BCUT2D eigenvalue weighted by Gasteiger charge is -2.39. The summed E-state index contributed by atoms with van der Waals surface area (Å²) in [6, 6.07) is 5.69. The number of fused-ring (bicyclic) bond motifs is 1. The maximum Gasteiger partial charge on any atom is 0.276 e. The van der Waals surface area contributed by atoms with Crippen LogP contribution in [0.5, 0.6) is 0 Å². The maximum absolute atomic E-state index is 12.3. The van der Waals surface area contributed by atoms with Gasteiger partial charge < -0.3 is 10.4 Å². The largest absolute Gasteiger partial charge is 0.364 e. The summed E-state index contributed by atoms with van der Waals surface area (Å²) in [6.45, 7) is 5.64. The molecule has 1 aromatic carbocycles. The predicted octanol–water partition coefficient (Wildman–Crippen LogP) is 1.82. The average Bonchev–Trinajstić information content (AvgIpc) is 2.65. The summed E-state index contributed by atoms with van der Waals surface area (Å²) >= 11 is 0. The summed E-state index contributed by atoms with van der Waals surface area (Å²) in [7, 11) is 0. The van der Waals surface area contributed by atoms with E-state index in [9.17, 15) is 9.90 Å². The summed E-state index contributed by atoms with van der Waals surface area (Å²) in [5.41, 5.74) is 0.974. The van der Waals surface area contributed by atoms with Crippen LogP contribution in [-0.4, -0.2) is 29.0 Å². The number of aryl methyl sites for hydroxylation is 1. The second kappa shape index (κ2) is 4.32. The van der Waals surface area contributed by atoms with Gasteiger partial charge in [-0.05, 0) is 31.2 Å². The molecule has 19 heavy (non-hydrogen) atoms. The maximum atomic E-state index is 12.3. The van der Waals surface area contributed by atoms with Gasteiger partial charge in [0.15, 0.2) is 0 Å². The van der Waals surface area contributed by atoms with E-state index in [1.165, 1.54) is 0 Å². The number of benzene rings is 1. The molecule has 0 aliphatic carbocycles. The van der Waals surface area contributed by atoms with Crippen LogP contribution in [0.25, 0.3) is 0 Å². The lowest BCUT2D eigenvalue weighted by Crippen LogP contribution is -2.54. The van der Waals surface area contributed by atoms with Gasteiger partial charge in [0.05, 0.1) is 5.69 Å². The minimum Gasteiger partial charge on any atom is -0.364 e. The van der Waals surface area contributed by atoms with E-state index >= 15 is 0 Å². The molecule has 2 aliphatic heterocycles. The number of aliphatic hydroxyl groups is 1. The minimum absolute atomic E-state index is 0.314. The van der Waals surface area contributed by atoms with Crippen LogP contribution in [0.4, 0.5) is 5.69 Å². The third kappa shape index (κ3) is 1.78. The van der Waals surface area contributed by atoms with E-state index in [2.05, 4.69) is 12.2 Å². The van der Waals surface area contributed by atoms with Crippen molar-refractivity contribution in [3.05, 3.63) is 29.3 Å². The number of hydrogen-bond donors (Lipinski definition) is 2. The van der Waals surface area contributed by atoms with E-state index in [4.69, 9.17) is 0 Å². The quantitative estimate of drug-likeness (QED) is 0.810. The van der Waals surface area contributed by atoms with Gasteiger partial charge in [0.2, 0.25) is 5.72 Å². The zero-order valence-electron chi connectivity index (χ0n) is 11.4. The van der Waals surface area contributed by atoms with Crippen LogP contribution >= 0.6 is 0 Å². The Morgan fingerprint density at radius 2 is 2.26 bits per heavy atom. The zero-order valence-corrected chi connectivity index (χ0v) is 11.4. The Morgan fingerprint density at radius 3 is 3.00 bits per heavy atom. The fourth-order valence-corrected chi connectivity index (χ4v) is 3.24. The highest BCUT2D eigenvalue weighted by Gasteiger charge is 2.51. The molecule has 0 saturated carbocycles. The van der Waals surface area contributed by atoms with Crippen LogP contribution < -0.4 is 5.32 Å². The van der Waals surface area contributed by atoms with E-state index in [0.717, 1.165) is 37.2 Å². The Balaban J connectivity index is 2.04. The summed E-state index contributed by atoms with van der Waals surface area (Å²) in [4.78, 5) is 14.2. The number of rotatable bonds is 1. The topological polar surface area (TPSA) is 52.6 Å². The molecule has 2 N–H and O–H groups in total. The molecule has 2 atom stereocenters. The SMILES string of the molecule is Cc1cccc2c1NC(=O)[C@]2(O)N1CCC[C@H](C)C1. The highest BCUT2D eigenvalue weighted by molar-refractivity contribution is 6.05. The van der Waals surface area contributed by atoms with Crippen LogP contribution in [0, 0.1) is 12.8 Å². The van der Waals surface area contributed by atoms with Crippen LogP contribution in [0.2, 0.25) is 0 Å². The summed E-state index contributed by atoms with van der Waals surface area (Å²) in [6.07, 6.45) is 2.19. The normalized spacial score (nSPS) is 31.1. The van der Waals surface area contributed by atoms with Crippen LogP contribution in [-0.2, 0) is 10.5 Å². The molecule has 2 aliphatic rings. The number of hydrogen-bond acceptors (Lipinski definition) is 3. The van der Waals surface area contributed by atoms with E-state index < -0.39 is 5.72 Å². The van der Waals surface area contributed by atoms with Gasteiger partial charge in [-0.1, -0.05) is 25.1 Å². The van der Waals surface area contributed by atoms with Gasteiger partial charge in [-0.3, -0.25) is 9.69 Å². The van der Waals surface area contributed by atoms with Crippen LogP contribution in [0.15, 0.2) is 18.2 Å².